The van der Waals surface area contributed by atoms with Gasteiger partial charge < -0.3 is 15.4 Å². The van der Waals surface area contributed by atoms with Crippen molar-refractivity contribution in [1.29, 1.82) is 0 Å². The molecule has 2 aliphatic carbocycles. The van der Waals surface area contributed by atoms with Crippen molar-refractivity contribution in [2.45, 2.75) is 64.5 Å². The number of nitrogens with zero attached hydrogens (tertiary/aromatic N) is 2. The summed E-state index contributed by atoms with van der Waals surface area (Å²) in [6.07, 6.45) is 9.87. The molecule has 0 amide bonds. The maximum atomic E-state index is 6.10. The van der Waals surface area contributed by atoms with E-state index in [0.717, 1.165) is 32.1 Å². The number of fused-ring (bicyclic) bond motifs is 2. The minimum atomic E-state index is 0.365. The third kappa shape index (κ3) is 3.19. The summed E-state index contributed by atoms with van der Waals surface area (Å²) in [7, 11) is 0. The molecule has 3 fully saturated rings. The van der Waals surface area contributed by atoms with Crippen molar-refractivity contribution in [3.8, 4) is 0 Å². The summed E-state index contributed by atoms with van der Waals surface area (Å²) in [4.78, 5) is 10.5. The molecule has 5 nitrogen and oxygen atoms in total. The zero-order valence-corrected chi connectivity index (χ0v) is 16.2. The van der Waals surface area contributed by atoms with Crippen LogP contribution >= 0.6 is 11.3 Å². The van der Waals surface area contributed by atoms with E-state index < -0.39 is 0 Å². The monoisotopic (exact) mass is 362 g/mol. The van der Waals surface area contributed by atoms with Gasteiger partial charge in [-0.15, -0.1) is 11.3 Å². The van der Waals surface area contributed by atoms with Gasteiger partial charge in [0, 0.05) is 54.6 Å². The fraction of sp³-hybridized carbons (Fsp3) is 0.789. The molecule has 1 saturated heterocycles. The fourth-order valence-electron chi connectivity index (χ4n) is 5.15. The second kappa shape index (κ2) is 7.23. The Labute approximate surface area is 154 Å². The maximum Gasteiger partial charge on any atom is 0.191 e. The highest BCUT2D eigenvalue weighted by atomic mass is 32.1. The molecule has 3 unspecified atom stereocenters. The zero-order chi connectivity index (χ0) is 17.3. The quantitative estimate of drug-likeness (QED) is 0.625. The lowest BCUT2D eigenvalue weighted by Gasteiger charge is -2.57. The minimum absolute atomic E-state index is 0.365. The molecule has 3 aliphatic rings. The number of hydrogen-bond acceptors (Lipinski definition) is 4. The van der Waals surface area contributed by atoms with E-state index in [1.54, 1.807) is 11.3 Å². The summed E-state index contributed by atoms with van der Waals surface area (Å²) in [5.41, 5.74) is 0.365. The number of aromatic nitrogens is 1. The van der Waals surface area contributed by atoms with Gasteiger partial charge in [0.15, 0.2) is 5.96 Å². The third-order valence-electron chi connectivity index (χ3n) is 6.19. The molecule has 25 heavy (non-hydrogen) atoms. The van der Waals surface area contributed by atoms with Crippen LogP contribution in [0.4, 0.5) is 0 Å². The van der Waals surface area contributed by atoms with Crippen LogP contribution in [-0.4, -0.2) is 42.8 Å². The minimum Gasteiger partial charge on any atom is -0.377 e. The highest BCUT2D eigenvalue weighted by Gasteiger charge is 2.65. The molecule has 1 aromatic rings. The zero-order valence-electron chi connectivity index (χ0n) is 15.4. The van der Waals surface area contributed by atoms with Gasteiger partial charge in [-0.1, -0.05) is 12.8 Å². The highest BCUT2D eigenvalue weighted by molar-refractivity contribution is 7.11. The molecule has 4 rings (SSSR count). The molecular weight excluding hydrogens is 332 g/mol. The van der Waals surface area contributed by atoms with Crippen molar-refractivity contribution in [3.63, 3.8) is 0 Å². The first-order valence-electron chi connectivity index (χ1n) is 9.81. The van der Waals surface area contributed by atoms with Crippen molar-refractivity contribution >= 4 is 17.3 Å². The van der Waals surface area contributed by atoms with Gasteiger partial charge in [0.1, 0.15) is 0 Å². The standard InChI is InChI=1S/C19H30N4OS/c1-3-20-18(21-10-6-15-22-12-13(2)25-15)23-16-14-7-11-24-17(14)19(16)8-4-5-9-19/h12,14,16-17H,3-11H2,1-2H3,(H2,20,21,23). The molecule has 2 N–H and O–H groups in total. The van der Waals surface area contributed by atoms with E-state index in [1.165, 1.54) is 42.0 Å². The predicted octanol–water partition coefficient (Wildman–Crippen LogP) is 2.90. The van der Waals surface area contributed by atoms with Crippen LogP contribution in [-0.2, 0) is 11.2 Å². The van der Waals surface area contributed by atoms with Gasteiger partial charge >= 0.3 is 0 Å². The van der Waals surface area contributed by atoms with E-state index >= 15 is 0 Å². The van der Waals surface area contributed by atoms with Gasteiger partial charge in [-0.05, 0) is 33.1 Å². The van der Waals surface area contributed by atoms with Crippen molar-refractivity contribution in [2.75, 3.05) is 19.7 Å². The molecular formula is C19H30N4OS. The number of aryl methyl sites for hydroxylation is 1. The molecule has 2 saturated carbocycles. The summed E-state index contributed by atoms with van der Waals surface area (Å²) in [5, 5.41) is 8.41. The van der Waals surface area contributed by atoms with Crippen LogP contribution in [0.15, 0.2) is 11.2 Å². The van der Waals surface area contributed by atoms with Crippen molar-refractivity contribution in [1.82, 2.24) is 15.6 Å². The molecule has 1 aromatic heterocycles. The SMILES string of the molecule is CCNC(=NCCc1ncc(C)s1)NC1C2CCOC2C12CCCC2. The molecule has 138 valence electrons. The molecule has 1 aliphatic heterocycles. The third-order valence-corrected chi connectivity index (χ3v) is 7.16. The molecule has 3 atom stereocenters. The molecule has 0 aromatic carbocycles. The van der Waals surface area contributed by atoms with Crippen LogP contribution in [0, 0.1) is 18.3 Å². The lowest BCUT2D eigenvalue weighted by molar-refractivity contribution is -0.125. The average molecular weight is 363 g/mol. The number of nitrogens with one attached hydrogen (secondary N) is 2. The van der Waals surface area contributed by atoms with Crippen LogP contribution < -0.4 is 10.6 Å². The number of thiazole rings is 1. The molecule has 0 bridgehead atoms. The van der Waals surface area contributed by atoms with E-state index in [2.05, 4.69) is 29.5 Å². The number of hydrogen-bond donors (Lipinski definition) is 2. The van der Waals surface area contributed by atoms with Crippen LogP contribution in [0.25, 0.3) is 0 Å². The largest absolute Gasteiger partial charge is 0.377 e. The van der Waals surface area contributed by atoms with Crippen LogP contribution in [0.5, 0.6) is 0 Å². The summed E-state index contributed by atoms with van der Waals surface area (Å²) in [6.45, 7) is 6.86. The Bertz CT molecular complexity index is 623. The fourth-order valence-corrected chi connectivity index (χ4v) is 5.93. The van der Waals surface area contributed by atoms with Gasteiger partial charge in [-0.3, -0.25) is 4.99 Å². The lowest BCUT2D eigenvalue weighted by Crippen LogP contribution is -2.69. The van der Waals surface area contributed by atoms with E-state index in [0.29, 0.717) is 23.5 Å². The van der Waals surface area contributed by atoms with Gasteiger partial charge in [0.25, 0.3) is 0 Å². The van der Waals surface area contributed by atoms with Gasteiger partial charge in [-0.2, -0.15) is 0 Å². The van der Waals surface area contributed by atoms with Crippen molar-refractivity contribution in [2.24, 2.45) is 16.3 Å². The summed E-state index contributed by atoms with van der Waals surface area (Å²) in [5.74, 6) is 1.64. The number of guanidine groups is 1. The molecule has 2 heterocycles. The Morgan fingerprint density at radius 1 is 1.44 bits per heavy atom. The Kier molecular flexibility index (Phi) is 5.00. The molecule has 0 radical (unpaired) electrons. The normalized spacial score (nSPS) is 30.3. The summed E-state index contributed by atoms with van der Waals surface area (Å²) in [6, 6.07) is 0.530. The molecule has 6 heteroatoms. The second-order valence-electron chi connectivity index (χ2n) is 7.68. The van der Waals surface area contributed by atoms with E-state index in [-0.39, 0.29) is 0 Å². The van der Waals surface area contributed by atoms with Crippen molar-refractivity contribution in [3.05, 3.63) is 16.1 Å². The average Bonchev–Trinajstić information content (AvgIpc) is 3.32. The van der Waals surface area contributed by atoms with E-state index in [1.807, 2.05) is 6.20 Å². The Morgan fingerprint density at radius 3 is 3.00 bits per heavy atom. The lowest BCUT2D eigenvalue weighted by atomic mass is 9.54. The first-order chi connectivity index (χ1) is 12.2. The smallest absolute Gasteiger partial charge is 0.191 e. The predicted molar refractivity (Wildman–Crippen MR) is 102 cm³/mol. The maximum absolute atomic E-state index is 6.10. The highest BCUT2D eigenvalue weighted by Crippen LogP contribution is 2.60. The van der Waals surface area contributed by atoms with Gasteiger partial charge in [-0.25, -0.2) is 4.98 Å². The van der Waals surface area contributed by atoms with E-state index in [4.69, 9.17) is 9.73 Å². The van der Waals surface area contributed by atoms with Gasteiger partial charge in [0.05, 0.1) is 11.1 Å². The second-order valence-corrected chi connectivity index (χ2v) is 9.00. The molecule has 1 spiro atoms. The van der Waals surface area contributed by atoms with Crippen LogP contribution in [0.3, 0.4) is 0 Å². The summed E-state index contributed by atoms with van der Waals surface area (Å²) >= 11 is 1.77. The Balaban J connectivity index is 1.41. The Hall–Kier alpha value is -1.14. The first-order valence-corrected chi connectivity index (χ1v) is 10.6. The topological polar surface area (TPSA) is 58.5 Å². The van der Waals surface area contributed by atoms with Crippen LogP contribution in [0.2, 0.25) is 0 Å². The van der Waals surface area contributed by atoms with E-state index in [9.17, 15) is 0 Å². The summed E-state index contributed by atoms with van der Waals surface area (Å²) < 4.78 is 6.10. The van der Waals surface area contributed by atoms with Gasteiger partial charge in [0.2, 0.25) is 0 Å². The van der Waals surface area contributed by atoms with Crippen molar-refractivity contribution < 1.29 is 4.74 Å². The number of ether oxygens (including phenoxy) is 1. The first kappa shape index (κ1) is 17.3. The number of rotatable bonds is 5. The number of aliphatic imine (C=N–C) groups is 1. The Morgan fingerprint density at radius 2 is 2.28 bits per heavy atom. The van der Waals surface area contributed by atoms with Crippen LogP contribution in [0.1, 0.15) is 48.9 Å².